The lowest BCUT2D eigenvalue weighted by Gasteiger charge is -2.30. The molecule has 2 aliphatic heterocycles. The van der Waals surface area contributed by atoms with Crippen molar-refractivity contribution in [2.75, 3.05) is 32.8 Å². The minimum atomic E-state index is 0.112. The lowest BCUT2D eigenvalue weighted by Crippen LogP contribution is -2.42. The number of hydrogen-bond acceptors (Lipinski definition) is 6. The van der Waals surface area contributed by atoms with E-state index < -0.39 is 0 Å². The highest BCUT2D eigenvalue weighted by Gasteiger charge is 2.24. The first-order valence-corrected chi connectivity index (χ1v) is 8.93. The van der Waals surface area contributed by atoms with Gasteiger partial charge < -0.3 is 10.1 Å². The molecule has 1 atom stereocenters. The van der Waals surface area contributed by atoms with Gasteiger partial charge in [0.05, 0.1) is 12.6 Å². The van der Waals surface area contributed by atoms with E-state index in [-0.39, 0.29) is 12.0 Å². The van der Waals surface area contributed by atoms with Gasteiger partial charge in [0, 0.05) is 19.1 Å². The van der Waals surface area contributed by atoms with Crippen LogP contribution >= 0.6 is 11.3 Å². The van der Waals surface area contributed by atoms with Crippen molar-refractivity contribution in [3.8, 4) is 0 Å². The summed E-state index contributed by atoms with van der Waals surface area (Å²) < 4.78 is 5.52. The van der Waals surface area contributed by atoms with Gasteiger partial charge in [-0.05, 0) is 45.7 Å². The lowest BCUT2D eigenvalue weighted by atomic mass is 9.98. The van der Waals surface area contributed by atoms with Crippen LogP contribution in [0.25, 0.3) is 0 Å². The molecule has 1 N–H and O–H groups in total. The standard InChI is InChI=1S/C15H24N4O2S/c1-11-17-18-15(22-11)12-4-6-19(7-5-12)10-14(20)16-9-13-3-2-8-21-13/h12-13H,2-10H2,1H3,(H,16,20)/t13-/m0/s1. The lowest BCUT2D eigenvalue weighted by molar-refractivity contribution is -0.123. The molecule has 7 heteroatoms. The van der Waals surface area contributed by atoms with Crippen LogP contribution in [0.1, 0.15) is 41.6 Å². The molecule has 122 valence electrons. The van der Waals surface area contributed by atoms with E-state index in [1.807, 2.05) is 6.92 Å². The number of aromatic nitrogens is 2. The van der Waals surface area contributed by atoms with E-state index in [0.717, 1.165) is 55.4 Å². The highest BCUT2D eigenvalue weighted by atomic mass is 32.1. The summed E-state index contributed by atoms with van der Waals surface area (Å²) in [7, 11) is 0. The van der Waals surface area contributed by atoms with Crippen LogP contribution in [-0.4, -0.2) is 59.9 Å². The quantitative estimate of drug-likeness (QED) is 0.885. The number of nitrogens with zero attached hydrogens (tertiary/aromatic N) is 3. The summed E-state index contributed by atoms with van der Waals surface area (Å²) in [5, 5.41) is 13.5. The van der Waals surface area contributed by atoms with Crippen molar-refractivity contribution in [1.82, 2.24) is 20.4 Å². The molecule has 1 amide bonds. The predicted molar refractivity (Wildman–Crippen MR) is 85.0 cm³/mol. The Kier molecular flexibility index (Phi) is 5.38. The SMILES string of the molecule is Cc1nnc(C2CCN(CC(=O)NC[C@@H]3CCCO3)CC2)s1. The Labute approximate surface area is 135 Å². The highest BCUT2D eigenvalue weighted by Crippen LogP contribution is 2.29. The molecule has 0 aliphatic carbocycles. The first-order chi connectivity index (χ1) is 10.7. The molecule has 2 saturated heterocycles. The summed E-state index contributed by atoms with van der Waals surface area (Å²) in [5.74, 6) is 0.623. The topological polar surface area (TPSA) is 67.4 Å². The van der Waals surface area contributed by atoms with Crippen LogP contribution in [0.2, 0.25) is 0 Å². The number of carbonyl (C=O) groups is 1. The van der Waals surface area contributed by atoms with E-state index in [9.17, 15) is 4.79 Å². The minimum absolute atomic E-state index is 0.112. The van der Waals surface area contributed by atoms with Crippen molar-refractivity contribution in [3.63, 3.8) is 0 Å². The predicted octanol–water partition coefficient (Wildman–Crippen LogP) is 1.32. The zero-order valence-corrected chi connectivity index (χ0v) is 13.9. The molecule has 0 radical (unpaired) electrons. The summed E-state index contributed by atoms with van der Waals surface area (Å²) in [6, 6.07) is 0. The number of ether oxygens (including phenoxy) is 1. The van der Waals surface area contributed by atoms with Gasteiger partial charge in [-0.1, -0.05) is 0 Å². The van der Waals surface area contributed by atoms with Crippen LogP contribution in [0, 0.1) is 6.92 Å². The Morgan fingerprint density at radius 1 is 1.36 bits per heavy atom. The van der Waals surface area contributed by atoms with Crippen molar-refractivity contribution in [2.45, 2.75) is 44.6 Å². The molecule has 6 nitrogen and oxygen atoms in total. The molecule has 0 saturated carbocycles. The van der Waals surface area contributed by atoms with Crippen molar-refractivity contribution >= 4 is 17.2 Å². The van der Waals surface area contributed by atoms with Gasteiger partial charge in [0.15, 0.2) is 0 Å². The van der Waals surface area contributed by atoms with Crippen molar-refractivity contribution < 1.29 is 9.53 Å². The zero-order valence-electron chi connectivity index (χ0n) is 13.1. The molecular formula is C15H24N4O2S. The number of hydrogen-bond donors (Lipinski definition) is 1. The second-order valence-electron chi connectivity index (χ2n) is 6.15. The average molecular weight is 324 g/mol. The van der Waals surface area contributed by atoms with Crippen LogP contribution in [-0.2, 0) is 9.53 Å². The number of aryl methyl sites for hydroxylation is 1. The molecule has 3 heterocycles. The molecule has 2 aliphatic rings. The number of nitrogens with one attached hydrogen (secondary N) is 1. The van der Waals surface area contributed by atoms with Crippen LogP contribution in [0.15, 0.2) is 0 Å². The van der Waals surface area contributed by atoms with Gasteiger partial charge in [-0.3, -0.25) is 9.69 Å². The molecule has 3 rings (SSSR count). The van der Waals surface area contributed by atoms with Crippen LogP contribution in [0.3, 0.4) is 0 Å². The molecule has 22 heavy (non-hydrogen) atoms. The number of carbonyl (C=O) groups excluding carboxylic acids is 1. The van der Waals surface area contributed by atoms with Gasteiger partial charge >= 0.3 is 0 Å². The summed E-state index contributed by atoms with van der Waals surface area (Å²) in [6.07, 6.45) is 4.52. The normalized spacial score (nSPS) is 23.8. The molecule has 1 aromatic rings. The number of rotatable bonds is 5. The Bertz CT molecular complexity index is 493. The fourth-order valence-electron chi connectivity index (χ4n) is 3.11. The molecule has 0 spiro atoms. The van der Waals surface area contributed by atoms with Crippen LogP contribution in [0.5, 0.6) is 0 Å². The Morgan fingerprint density at radius 3 is 2.82 bits per heavy atom. The Balaban J connectivity index is 1.37. The number of likely N-dealkylation sites (tertiary alicyclic amines) is 1. The Hall–Kier alpha value is -1.05. The van der Waals surface area contributed by atoms with Gasteiger partial charge in [-0.15, -0.1) is 21.5 Å². The second-order valence-corrected chi connectivity index (χ2v) is 7.36. The van der Waals surface area contributed by atoms with Crippen LogP contribution in [0.4, 0.5) is 0 Å². The molecule has 1 aromatic heterocycles. The third kappa shape index (κ3) is 4.24. The number of piperidine rings is 1. The highest BCUT2D eigenvalue weighted by molar-refractivity contribution is 7.11. The maximum atomic E-state index is 12.0. The first kappa shape index (κ1) is 15.8. The maximum Gasteiger partial charge on any atom is 0.234 e. The smallest absolute Gasteiger partial charge is 0.234 e. The van der Waals surface area contributed by atoms with Gasteiger partial charge in [0.25, 0.3) is 0 Å². The van der Waals surface area contributed by atoms with Gasteiger partial charge in [0.1, 0.15) is 10.0 Å². The van der Waals surface area contributed by atoms with Crippen molar-refractivity contribution in [3.05, 3.63) is 10.0 Å². The third-order valence-corrected chi connectivity index (χ3v) is 5.40. The molecule has 0 bridgehead atoms. The van der Waals surface area contributed by atoms with E-state index in [0.29, 0.717) is 19.0 Å². The Morgan fingerprint density at radius 2 is 2.18 bits per heavy atom. The molecular weight excluding hydrogens is 300 g/mol. The van der Waals surface area contributed by atoms with Crippen molar-refractivity contribution in [1.29, 1.82) is 0 Å². The monoisotopic (exact) mass is 324 g/mol. The second kappa shape index (κ2) is 7.48. The van der Waals surface area contributed by atoms with E-state index in [4.69, 9.17) is 4.74 Å². The molecule has 0 aromatic carbocycles. The van der Waals surface area contributed by atoms with Gasteiger partial charge in [-0.25, -0.2) is 0 Å². The minimum Gasteiger partial charge on any atom is -0.376 e. The fraction of sp³-hybridized carbons (Fsp3) is 0.800. The first-order valence-electron chi connectivity index (χ1n) is 8.11. The van der Waals surface area contributed by atoms with Gasteiger partial charge in [0.2, 0.25) is 5.91 Å². The molecule has 2 fully saturated rings. The zero-order chi connectivity index (χ0) is 15.4. The van der Waals surface area contributed by atoms with Crippen molar-refractivity contribution in [2.24, 2.45) is 0 Å². The summed E-state index contributed by atoms with van der Waals surface area (Å²) in [5.41, 5.74) is 0. The van der Waals surface area contributed by atoms with Gasteiger partial charge in [-0.2, -0.15) is 0 Å². The van der Waals surface area contributed by atoms with E-state index in [1.165, 1.54) is 0 Å². The van der Waals surface area contributed by atoms with Crippen LogP contribution < -0.4 is 5.32 Å². The van der Waals surface area contributed by atoms with E-state index in [2.05, 4.69) is 20.4 Å². The number of amides is 1. The summed E-state index contributed by atoms with van der Waals surface area (Å²) >= 11 is 1.70. The average Bonchev–Trinajstić information content (AvgIpc) is 3.17. The fourth-order valence-corrected chi connectivity index (χ4v) is 3.98. The molecule has 0 unspecified atom stereocenters. The maximum absolute atomic E-state index is 12.0. The van der Waals surface area contributed by atoms with E-state index >= 15 is 0 Å². The summed E-state index contributed by atoms with van der Waals surface area (Å²) in [4.78, 5) is 14.2. The third-order valence-electron chi connectivity index (χ3n) is 4.40. The van der Waals surface area contributed by atoms with E-state index in [1.54, 1.807) is 11.3 Å². The largest absolute Gasteiger partial charge is 0.376 e. The summed E-state index contributed by atoms with van der Waals surface area (Å²) in [6.45, 7) is 5.88.